The molecular weight excluding hydrogens is 336 g/mol. The van der Waals surface area contributed by atoms with Crippen LogP contribution in [-0.4, -0.2) is 54.9 Å². The molecule has 0 unspecified atom stereocenters. The maximum atomic E-state index is 12.4. The molecule has 0 fully saturated rings. The molecule has 0 radical (unpaired) electrons. The summed E-state index contributed by atoms with van der Waals surface area (Å²) in [4.78, 5) is 16.1. The zero-order valence-corrected chi connectivity index (χ0v) is 15.7. The molecular formula is C18H22N4O2S. The molecule has 0 saturated heterocycles. The van der Waals surface area contributed by atoms with E-state index in [9.17, 15) is 4.79 Å². The van der Waals surface area contributed by atoms with E-state index in [1.54, 1.807) is 7.11 Å². The topological polar surface area (TPSA) is 59.4 Å². The van der Waals surface area contributed by atoms with Gasteiger partial charge in [0.1, 0.15) is 16.3 Å². The Labute approximate surface area is 151 Å². The highest BCUT2D eigenvalue weighted by atomic mass is 32.1. The van der Waals surface area contributed by atoms with Crippen LogP contribution in [0.3, 0.4) is 0 Å². The Bertz CT molecular complexity index is 898. The second kappa shape index (κ2) is 7.25. The van der Waals surface area contributed by atoms with Crippen molar-refractivity contribution in [2.75, 3.05) is 34.3 Å². The molecule has 1 amide bonds. The van der Waals surface area contributed by atoms with E-state index in [0.717, 1.165) is 33.8 Å². The van der Waals surface area contributed by atoms with E-state index in [2.05, 4.69) is 10.4 Å². The Morgan fingerprint density at radius 3 is 2.88 bits per heavy atom. The molecule has 0 bridgehead atoms. The summed E-state index contributed by atoms with van der Waals surface area (Å²) in [5, 5.41) is 8.56. The van der Waals surface area contributed by atoms with Crippen LogP contribution in [0.1, 0.15) is 9.67 Å². The van der Waals surface area contributed by atoms with Gasteiger partial charge < -0.3 is 15.0 Å². The number of aryl methyl sites for hydroxylation is 1. The van der Waals surface area contributed by atoms with Gasteiger partial charge in [0.05, 0.1) is 12.0 Å². The lowest BCUT2D eigenvalue weighted by Gasteiger charge is -2.09. The van der Waals surface area contributed by atoms with Crippen LogP contribution in [0.5, 0.6) is 5.75 Å². The van der Waals surface area contributed by atoms with E-state index in [-0.39, 0.29) is 5.91 Å². The molecule has 0 spiro atoms. The number of nitrogens with one attached hydrogen (secondary N) is 1. The normalized spacial score (nSPS) is 11.2. The number of carbonyl (C=O) groups is 1. The molecule has 7 heteroatoms. The van der Waals surface area contributed by atoms with E-state index in [4.69, 9.17) is 4.74 Å². The first kappa shape index (κ1) is 17.4. The quantitative estimate of drug-likeness (QED) is 0.736. The lowest BCUT2D eigenvalue weighted by Crippen LogP contribution is -2.30. The van der Waals surface area contributed by atoms with Crippen LogP contribution in [0.25, 0.3) is 21.5 Å². The summed E-state index contributed by atoms with van der Waals surface area (Å²) in [6.07, 6.45) is 0. The number of hydrogen-bond donors (Lipinski definition) is 1. The molecule has 3 aromatic rings. The number of thiophene rings is 1. The minimum absolute atomic E-state index is 0.0420. The lowest BCUT2D eigenvalue weighted by molar-refractivity contribution is 0.0955. The van der Waals surface area contributed by atoms with Crippen molar-refractivity contribution in [3.63, 3.8) is 0 Å². The number of carbonyl (C=O) groups excluding carboxylic acids is 1. The monoisotopic (exact) mass is 358 g/mol. The molecule has 2 aromatic heterocycles. The molecule has 0 aliphatic rings. The van der Waals surface area contributed by atoms with Crippen molar-refractivity contribution in [1.29, 1.82) is 0 Å². The van der Waals surface area contributed by atoms with Gasteiger partial charge in [-0.05, 0) is 32.3 Å². The van der Waals surface area contributed by atoms with Crippen molar-refractivity contribution in [2.45, 2.75) is 0 Å². The number of ether oxygens (including phenoxy) is 1. The first-order valence-electron chi connectivity index (χ1n) is 8.03. The molecule has 0 saturated carbocycles. The summed E-state index contributed by atoms with van der Waals surface area (Å²) < 4.78 is 7.13. The van der Waals surface area contributed by atoms with Gasteiger partial charge in [-0.25, -0.2) is 0 Å². The fourth-order valence-electron chi connectivity index (χ4n) is 2.62. The number of likely N-dealkylation sites (N-methyl/N-ethyl adjacent to an activating group) is 1. The molecule has 0 aliphatic heterocycles. The van der Waals surface area contributed by atoms with Gasteiger partial charge in [-0.2, -0.15) is 5.10 Å². The first-order valence-corrected chi connectivity index (χ1v) is 8.85. The van der Waals surface area contributed by atoms with Crippen LogP contribution >= 0.6 is 11.3 Å². The fraction of sp³-hybridized carbons (Fsp3) is 0.333. The summed E-state index contributed by atoms with van der Waals surface area (Å²) in [5.74, 6) is 0.743. The number of benzene rings is 1. The largest absolute Gasteiger partial charge is 0.497 e. The minimum Gasteiger partial charge on any atom is -0.497 e. The van der Waals surface area contributed by atoms with E-state index in [0.29, 0.717) is 11.4 Å². The average molecular weight is 358 g/mol. The van der Waals surface area contributed by atoms with E-state index < -0.39 is 0 Å². The Morgan fingerprint density at radius 2 is 2.16 bits per heavy atom. The number of amides is 1. The SMILES string of the molecule is COc1cccc(-c2nn(C)c3sc(C(=O)NCCN(C)C)cc23)c1. The third kappa shape index (κ3) is 3.67. The van der Waals surface area contributed by atoms with E-state index in [1.807, 2.05) is 61.1 Å². The van der Waals surface area contributed by atoms with Gasteiger partial charge in [-0.15, -0.1) is 11.3 Å². The predicted molar refractivity (Wildman–Crippen MR) is 101 cm³/mol. The summed E-state index contributed by atoms with van der Waals surface area (Å²) in [5.41, 5.74) is 1.84. The lowest BCUT2D eigenvalue weighted by atomic mass is 10.1. The van der Waals surface area contributed by atoms with Gasteiger partial charge in [0.25, 0.3) is 5.91 Å². The smallest absolute Gasteiger partial charge is 0.261 e. The molecule has 6 nitrogen and oxygen atoms in total. The van der Waals surface area contributed by atoms with Gasteiger partial charge in [0, 0.05) is 31.1 Å². The molecule has 2 heterocycles. The molecule has 25 heavy (non-hydrogen) atoms. The first-order chi connectivity index (χ1) is 12.0. The highest BCUT2D eigenvalue weighted by Gasteiger charge is 2.18. The average Bonchev–Trinajstić information content (AvgIpc) is 3.15. The zero-order chi connectivity index (χ0) is 18.0. The van der Waals surface area contributed by atoms with E-state index >= 15 is 0 Å². The molecule has 0 aliphatic carbocycles. The summed E-state index contributed by atoms with van der Waals surface area (Å²) in [6, 6.07) is 9.72. The number of hydrogen-bond acceptors (Lipinski definition) is 5. The van der Waals surface area contributed by atoms with Crippen molar-refractivity contribution < 1.29 is 9.53 Å². The third-order valence-corrected chi connectivity index (χ3v) is 5.12. The molecule has 1 N–H and O–H groups in total. The maximum Gasteiger partial charge on any atom is 0.261 e. The number of fused-ring (bicyclic) bond motifs is 1. The Hall–Kier alpha value is -2.38. The second-order valence-corrected chi connectivity index (χ2v) is 7.12. The standard InChI is InChI=1S/C18H22N4O2S/c1-21(2)9-8-19-17(23)15-11-14-16(20-22(3)18(14)25-15)12-6-5-7-13(10-12)24-4/h5-7,10-11H,8-9H2,1-4H3,(H,19,23). The van der Waals surface area contributed by atoms with Gasteiger partial charge in [-0.1, -0.05) is 12.1 Å². The van der Waals surface area contributed by atoms with Crippen LogP contribution in [0.2, 0.25) is 0 Å². The molecule has 132 valence electrons. The predicted octanol–water partition coefficient (Wildman–Crippen LogP) is 2.60. The van der Waals surface area contributed by atoms with Crippen molar-refractivity contribution in [1.82, 2.24) is 20.0 Å². The Morgan fingerprint density at radius 1 is 1.36 bits per heavy atom. The Kier molecular flexibility index (Phi) is 5.06. The van der Waals surface area contributed by atoms with E-state index in [1.165, 1.54) is 11.3 Å². The highest BCUT2D eigenvalue weighted by Crippen LogP contribution is 2.34. The van der Waals surface area contributed by atoms with Crippen LogP contribution in [0, 0.1) is 0 Å². The van der Waals surface area contributed by atoms with Crippen molar-refractivity contribution in [3.8, 4) is 17.0 Å². The summed E-state index contributed by atoms with van der Waals surface area (Å²) in [6.45, 7) is 1.44. The molecule has 0 atom stereocenters. The maximum absolute atomic E-state index is 12.4. The van der Waals surface area contributed by atoms with Gasteiger partial charge in [0.15, 0.2) is 0 Å². The highest BCUT2D eigenvalue weighted by molar-refractivity contribution is 7.20. The van der Waals surface area contributed by atoms with Crippen LogP contribution in [0.4, 0.5) is 0 Å². The third-order valence-electron chi connectivity index (χ3n) is 3.92. The van der Waals surface area contributed by atoms with Gasteiger partial charge in [0.2, 0.25) is 0 Å². The van der Waals surface area contributed by atoms with Crippen molar-refractivity contribution in [2.24, 2.45) is 7.05 Å². The Balaban J connectivity index is 1.91. The summed E-state index contributed by atoms with van der Waals surface area (Å²) >= 11 is 1.46. The van der Waals surface area contributed by atoms with Crippen LogP contribution in [-0.2, 0) is 7.05 Å². The number of nitrogens with zero attached hydrogens (tertiary/aromatic N) is 3. The second-order valence-electron chi connectivity index (χ2n) is 6.09. The number of methoxy groups -OCH3 is 1. The number of aromatic nitrogens is 2. The van der Waals surface area contributed by atoms with Gasteiger partial charge >= 0.3 is 0 Å². The van der Waals surface area contributed by atoms with Crippen molar-refractivity contribution >= 4 is 27.5 Å². The van der Waals surface area contributed by atoms with Crippen LogP contribution in [0.15, 0.2) is 30.3 Å². The van der Waals surface area contributed by atoms with Gasteiger partial charge in [-0.3, -0.25) is 9.48 Å². The zero-order valence-electron chi connectivity index (χ0n) is 14.9. The number of rotatable bonds is 6. The van der Waals surface area contributed by atoms with Crippen LogP contribution < -0.4 is 10.1 Å². The fourth-order valence-corrected chi connectivity index (χ4v) is 3.60. The summed E-state index contributed by atoms with van der Waals surface area (Å²) in [7, 11) is 7.51. The molecule has 3 rings (SSSR count). The minimum atomic E-state index is -0.0420. The van der Waals surface area contributed by atoms with Crippen molar-refractivity contribution in [3.05, 3.63) is 35.2 Å². The molecule has 1 aromatic carbocycles.